The summed E-state index contributed by atoms with van der Waals surface area (Å²) < 4.78 is 39.0. The molecule has 0 amide bonds. The maximum Gasteiger partial charge on any atom is 0.330 e. The van der Waals surface area contributed by atoms with Crippen molar-refractivity contribution in [3.63, 3.8) is 0 Å². The normalized spacial score (nSPS) is 15.8. The Hall–Kier alpha value is -1.57. The Bertz CT molecular complexity index is 728. The van der Waals surface area contributed by atoms with Gasteiger partial charge in [-0.3, -0.25) is 19.2 Å². The smallest absolute Gasteiger partial charge is 0.330 e. The predicted octanol–water partition coefficient (Wildman–Crippen LogP) is -1.81. The largest absolute Gasteiger partial charge is 0.376 e. The average Bonchev–Trinajstić information content (AvgIpc) is 2.50. The number of sulfonamides is 1. The Kier molecular flexibility index (Phi) is 7.72. The molecule has 12 heteroatoms. The van der Waals surface area contributed by atoms with Gasteiger partial charge in [-0.15, -0.1) is 0 Å². The van der Waals surface area contributed by atoms with Crippen LogP contribution in [-0.2, 0) is 29.1 Å². The fraction of sp³-hybridized carbons (Fsp3) is 0.667. The van der Waals surface area contributed by atoms with Crippen LogP contribution in [0.25, 0.3) is 0 Å². The van der Waals surface area contributed by atoms with Crippen LogP contribution in [0.2, 0.25) is 0 Å². The molecular formula is C12H21N3O8S. The molecule has 0 saturated carbocycles. The van der Waals surface area contributed by atoms with E-state index in [1.807, 2.05) is 4.89 Å². The minimum absolute atomic E-state index is 0.208. The molecule has 0 bridgehead atoms. The fourth-order valence-corrected chi connectivity index (χ4v) is 2.29. The summed E-state index contributed by atoms with van der Waals surface area (Å²) >= 11 is 0. The molecule has 0 unspecified atom stereocenters. The molecule has 0 saturated heterocycles. The second kappa shape index (κ2) is 9.05. The molecule has 1 aromatic rings. The highest BCUT2D eigenvalue weighted by Gasteiger charge is 2.32. The topological polar surface area (TPSA) is 138 Å². The third-order valence-electron chi connectivity index (χ3n) is 3.05. The van der Waals surface area contributed by atoms with E-state index < -0.39 is 39.7 Å². The van der Waals surface area contributed by atoms with Crippen molar-refractivity contribution in [2.45, 2.75) is 18.4 Å². The minimum Gasteiger partial charge on any atom is -0.376 e. The molecule has 0 aromatic carbocycles. The van der Waals surface area contributed by atoms with E-state index in [2.05, 4.69) is 4.98 Å². The summed E-state index contributed by atoms with van der Waals surface area (Å²) in [4.78, 5) is 31.9. The SMILES string of the molecule is CO[C@@H]([C@@H](OC)n1ccc(=O)[nH]c1=O)[C@@H](CONS(C)(=O)=O)OC. The second-order valence-corrected chi connectivity index (χ2v) is 6.50. The number of nitrogens with zero attached hydrogens (tertiary/aromatic N) is 1. The monoisotopic (exact) mass is 367 g/mol. The number of H-pyrrole nitrogens is 1. The fourth-order valence-electron chi connectivity index (χ4n) is 2.01. The van der Waals surface area contributed by atoms with Crippen LogP contribution < -0.4 is 16.1 Å². The van der Waals surface area contributed by atoms with Crippen LogP contribution in [0.5, 0.6) is 0 Å². The molecule has 138 valence electrons. The number of aromatic amines is 1. The van der Waals surface area contributed by atoms with Crippen molar-refractivity contribution in [1.82, 2.24) is 14.4 Å². The van der Waals surface area contributed by atoms with Gasteiger partial charge >= 0.3 is 5.69 Å². The molecular weight excluding hydrogens is 346 g/mol. The number of methoxy groups -OCH3 is 3. The number of hydrogen-bond donors (Lipinski definition) is 2. The van der Waals surface area contributed by atoms with Gasteiger partial charge in [0.15, 0.2) is 6.23 Å². The standard InChI is InChI=1S/C12H21N3O8S/c1-20-8(7-23-14-24(4,18)19)10(21-2)11(22-3)15-6-5-9(16)13-12(15)17/h5-6,8,10-11,14H,7H2,1-4H3,(H,13,16,17)/t8-,10-,11-/m1/s1. The zero-order chi connectivity index (χ0) is 18.3. The molecule has 0 aliphatic carbocycles. The molecule has 0 fully saturated rings. The number of aromatic nitrogens is 2. The van der Waals surface area contributed by atoms with Gasteiger partial charge in [-0.2, -0.15) is 0 Å². The molecule has 1 heterocycles. The first kappa shape index (κ1) is 20.5. The lowest BCUT2D eigenvalue weighted by molar-refractivity contribution is -0.155. The van der Waals surface area contributed by atoms with Gasteiger partial charge in [-0.05, 0) is 0 Å². The summed E-state index contributed by atoms with van der Waals surface area (Å²) in [6, 6.07) is 1.16. The van der Waals surface area contributed by atoms with Crippen molar-refractivity contribution in [2.24, 2.45) is 0 Å². The second-order valence-electron chi connectivity index (χ2n) is 4.78. The van der Waals surface area contributed by atoms with Gasteiger partial charge in [0.2, 0.25) is 10.0 Å². The van der Waals surface area contributed by atoms with Crippen LogP contribution >= 0.6 is 0 Å². The van der Waals surface area contributed by atoms with E-state index in [-0.39, 0.29) is 6.61 Å². The first-order valence-electron chi connectivity index (χ1n) is 6.72. The van der Waals surface area contributed by atoms with Gasteiger partial charge in [0, 0.05) is 33.6 Å². The summed E-state index contributed by atoms with van der Waals surface area (Å²) in [5.74, 6) is 0. The van der Waals surface area contributed by atoms with E-state index in [1.165, 1.54) is 27.5 Å². The van der Waals surface area contributed by atoms with Crippen LogP contribution in [-0.4, -0.2) is 64.4 Å². The number of nitrogens with one attached hydrogen (secondary N) is 2. The molecule has 11 nitrogen and oxygen atoms in total. The predicted molar refractivity (Wildman–Crippen MR) is 82.9 cm³/mol. The molecule has 1 aromatic heterocycles. The third kappa shape index (κ3) is 5.81. The van der Waals surface area contributed by atoms with E-state index in [9.17, 15) is 18.0 Å². The van der Waals surface area contributed by atoms with Gasteiger partial charge < -0.3 is 14.2 Å². The van der Waals surface area contributed by atoms with Gasteiger partial charge in [-0.25, -0.2) is 13.2 Å². The Morgan fingerprint density at radius 3 is 2.33 bits per heavy atom. The van der Waals surface area contributed by atoms with Gasteiger partial charge in [0.05, 0.1) is 12.9 Å². The Balaban J connectivity index is 3.00. The molecule has 0 aliphatic heterocycles. The van der Waals surface area contributed by atoms with E-state index in [1.54, 1.807) is 0 Å². The van der Waals surface area contributed by atoms with Crippen LogP contribution in [0, 0.1) is 0 Å². The van der Waals surface area contributed by atoms with Crippen molar-refractivity contribution in [2.75, 3.05) is 34.2 Å². The van der Waals surface area contributed by atoms with Crippen molar-refractivity contribution in [3.8, 4) is 0 Å². The zero-order valence-corrected chi connectivity index (χ0v) is 14.5. The molecule has 0 aliphatic rings. The molecule has 2 N–H and O–H groups in total. The Morgan fingerprint density at radius 2 is 1.88 bits per heavy atom. The highest BCUT2D eigenvalue weighted by Crippen LogP contribution is 2.18. The molecule has 3 atom stereocenters. The van der Waals surface area contributed by atoms with E-state index in [0.29, 0.717) is 0 Å². The highest BCUT2D eigenvalue weighted by atomic mass is 32.2. The average molecular weight is 367 g/mol. The maximum atomic E-state index is 11.9. The highest BCUT2D eigenvalue weighted by molar-refractivity contribution is 7.88. The van der Waals surface area contributed by atoms with E-state index in [4.69, 9.17) is 19.0 Å². The van der Waals surface area contributed by atoms with Gasteiger partial charge in [-0.1, -0.05) is 4.89 Å². The third-order valence-corrected chi connectivity index (χ3v) is 3.47. The van der Waals surface area contributed by atoms with E-state index in [0.717, 1.165) is 16.9 Å². The lowest BCUT2D eigenvalue weighted by atomic mass is 10.1. The Labute approximate surface area is 138 Å². The zero-order valence-electron chi connectivity index (χ0n) is 13.7. The first-order valence-corrected chi connectivity index (χ1v) is 8.61. The van der Waals surface area contributed by atoms with Crippen molar-refractivity contribution >= 4 is 10.0 Å². The summed E-state index contributed by atoms with van der Waals surface area (Å²) in [5, 5.41) is 0. The van der Waals surface area contributed by atoms with Crippen molar-refractivity contribution in [3.05, 3.63) is 33.1 Å². The van der Waals surface area contributed by atoms with Crippen molar-refractivity contribution < 1.29 is 27.5 Å². The molecule has 24 heavy (non-hydrogen) atoms. The summed E-state index contributed by atoms with van der Waals surface area (Å²) in [6.45, 7) is -0.208. The number of hydrogen-bond acceptors (Lipinski definition) is 8. The first-order chi connectivity index (χ1) is 11.2. The quantitative estimate of drug-likeness (QED) is 0.462. The number of rotatable bonds is 10. The number of ether oxygens (including phenoxy) is 3. The lowest BCUT2D eigenvalue weighted by Crippen LogP contribution is -2.46. The van der Waals surface area contributed by atoms with Crippen molar-refractivity contribution in [1.29, 1.82) is 0 Å². The summed E-state index contributed by atoms with van der Waals surface area (Å²) in [6.07, 6.45) is -0.395. The maximum absolute atomic E-state index is 11.9. The van der Waals surface area contributed by atoms with Gasteiger partial charge in [0.25, 0.3) is 5.56 Å². The lowest BCUT2D eigenvalue weighted by Gasteiger charge is -2.31. The summed E-state index contributed by atoms with van der Waals surface area (Å²) in [7, 11) is 0.528. The van der Waals surface area contributed by atoms with Crippen LogP contribution in [0.3, 0.4) is 0 Å². The van der Waals surface area contributed by atoms with Crippen LogP contribution in [0.1, 0.15) is 6.23 Å². The summed E-state index contributed by atoms with van der Waals surface area (Å²) in [5.41, 5.74) is -1.24. The minimum atomic E-state index is -3.54. The van der Waals surface area contributed by atoms with Crippen LogP contribution in [0.15, 0.2) is 21.9 Å². The van der Waals surface area contributed by atoms with E-state index >= 15 is 0 Å². The molecule has 1 rings (SSSR count). The Morgan fingerprint density at radius 1 is 1.21 bits per heavy atom. The van der Waals surface area contributed by atoms with Crippen LogP contribution in [0.4, 0.5) is 0 Å². The molecule has 0 spiro atoms. The molecule has 0 radical (unpaired) electrons. The van der Waals surface area contributed by atoms with Gasteiger partial charge in [0.1, 0.15) is 12.2 Å².